The van der Waals surface area contributed by atoms with Crippen LogP contribution in [0.2, 0.25) is 0 Å². The van der Waals surface area contributed by atoms with Gasteiger partial charge in [0.15, 0.2) is 0 Å². The number of piperidine rings is 1. The number of alkyl halides is 3. The Morgan fingerprint density at radius 3 is 2.00 bits per heavy atom. The highest BCUT2D eigenvalue weighted by Crippen LogP contribution is 2.81. The molecule has 0 unspecified atom stereocenters. The summed E-state index contributed by atoms with van der Waals surface area (Å²) < 4.78 is 37.9. The molecule has 3 saturated carbocycles. The predicted octanol–water partition coefficient (Wildman–Crippen LogP) is 2.72. The molecule has 0 aromatic carbocycles. The van der Waals surface area contributed by atoms with E-state index in [-0.39, 0.29) is 5.41 Å². The van der Waals surface area contributed by atoms with Crippen molar-refractivity contribution in [3.05, 3.63) is 0 Å². The van der Waals surface area contributed by atoms with Crippen LogP contribution in [0, 0.1) is 16.7 Å². The molecule has 4 fully saturated rings. The number of rotatable bonds is 1. The summed E-state index contributed by atoms with van der Waals surface area (Å²) in [6.45, 7) is 1.98. The third-order valence-corrected chi connectivity index (χ3v) is 4.88. The van der Waals surface area contributed by atoms with E-state index in [9.17, 15) is 13.2 Å². The van der Waals surface area contributed by atoms with Gasteiger partial charge in [-0.25, -0.2) is 0 Å². The van der Waals surface area contributed by atoms with Gasteiger partial charge in [-0.15, -0.1) is 0 Å². The van der Waals surface area contributed by atoms with Gasteiger partial charge in [-0.3, -0.25) is 0 Å². The standard InChI is InChI=1S/C11H16F3N/c12-11(13,14)10-5-9(6-10,7-10)8-1-3-15-4-2-8/h8,15H,1-7H2. The third-order valence-electron chi connectivity index (χ3n) is 4.88. The van der Waals surface area contributed by atoms with E-state index in [0.29, 0.717) is 25.2 Å². The van der Waals surface area contributed by atoms with Gasteiger partial charge in [-0.05, 0) is 56.5 Å². The second-order valence-electron chi connectivity index (χ2n) is 5.70. The molecule has 3 aliphatic carbocycles. The number of hydrogen-bond donors (Lipinski definition) is 1. The molecule has 4 heteroatoms. The topological polar surface area (TPSA) is 12.0 Å². The highest BCUT2D eigenvalue weighted by molar-refractivity contribution is 5.21. The maximum atomic E-state index is 12.6. The Morgan fingerprint density at radius 1 is 1.00 bits per heavy atom. The first-order chi connectivity index (χ1) is 6.98. The fourth-order valence-corrected chi connectivity index (χ4v) is 4.03. The molecule has 0 radical (unpaired) electrons. The summed E-state index contributed by atoms with van der Waals surface area (Å²) in [5.41, 5.74) is -1.16. The lowest BCUT2D eigenvalue weighted by molar-refractivity contribution is -0.377. The zero-order valence-corrected chi connectivity index (χ0v) is 8.66. The molecule has 0 atom stereocenters. The van der Waals surface area contributed by atoms with E-state index in [1.54, 1.807) is 0 Å². The van der Waals surface area contributed by atoms with Crippen molar-refractivity contribution in [2.75, 3.05) is 13.1 Å². The van der Waals surface area contributed by atoms with E-state index in [0.717, 1.165) is 25.9 Å². The van der Waals surface area contributed by atoms with E-state index in [2.05, 4.69) is 5.32 Å². The second kappa shape index (κ2) is 2.70. The maximum Gasteiger partial charge on any atom is 0.394 e. The van der Waals surface area contributed by atoms with E-state index in [1.165, 1.54) is 0 Å². The molecule has 1 nitrogen and oxygen atoms in total. The molecule has 2 bridgehead atoms. The normalized spacial score (nSPS) is 45.8. The monoisotopic (exact) mass is 219 g/mol. The minimum Gasteiger partial charge on any atom is -0.317 e. The van der Waals surface area contributed by atoms with Gasteiger partial charge in [0.25, 0.3) is 0 Å². The number of hydrogen-bond acceptors (Lipinski definition) is 1. The van der Waals surface area contributed by atoms with Crippen molar-refractivity contribution in [1.82, 2.24) is 5.32 Å². The van der Waals surface area contributed by atoms with Crippen molar-refractivity contribution in [2.24, 2.45) is 16.7 Å². The third kappa shape index (κ3) is 1.14. The number of nitrogens with one attached hydrogen (secondary N) is 1. The van der Waals surface area contributed by atoms with Crippen LogP contribution in [0.1, 0.15) is 32.1 Å². The molecule has 1 saturated heterocycles. The van der Waals surface area contributed by atoms with Crippen molar-refractivity contribution in [1.29, 1.82) is 0 Å². The Hall–Kier alpha value is -0.250. The molecule has 0 amide bonds. The largest absolute Gasteiger partial charge is 0.394 e. The van der Waals surface area contributed by atoms with E-state index in [4.69, 9.17) is 0 Å². The molecule has 4 aliphatic rings. The molecule has 1 N–H and O–H groups in total. The lowest BCUT2D eigenvalue weighted by atomic mass is 9.31. The molecule has 4 rings (SSSR count). The fraction of sp³-hybridized carbons (Fsp3) is 1.00. The summed E-state index contributed by atoms with van der Waals surface area (Å²) in [7, 11) is 0. The van der Waals surface area contributed by atoms with Gasteiger partial charge in [0, 0.05) is 0 Å². The van der Waals surface area contributed by atoms with Crippen molar-refractivity contribution < 1.29 is 13.2 Å². The summed E-state index contributed by atoms with van der Waals surface area (Å²) in [4.78, 5) is 0. The van der Waals surface area contributed by atoms with Crippen molar-refractivity contribution in [3.63, 3.8) is 0 Å². The predicted molar refractivity (Wildman–Crippen MR) is 50.4 cm³/mol. The minimum atomic E-state index is -3.94. The van der Waals surface area contributed by atoms with Crippen LogP contribution < -0.4 is 5.32 Å². The smallest absolute Gasteiger partial charge is 0.317 e. The molecule has 1 aliphatic heterocycles. The molecular weight excluding hydrogens is 203 g/mol. The quantitative estimate of drug-likeness (QED) is 0.715. The lowest BCUT2D eigenvalue weighted by Crippen LogP contribution is -2.71. The fourth-order valence-electron chi connectivity index (χ4n) is 4.03. The summed E-state index contributed by atoms with van der Waals surface area (Å²) in [5, 5.41) is 3.27. The summed E-state index contributed by atoms with van der Waals surface area (Å²) in [6.07, 6.45) is -0.514. The van der Waals surface area contributed by atoms with Crippen LogP contribution >= 0.6 is 0 Å². The first-order valence-corrected chi connectivity index (χ1v) is 5.75. The van der Waals surface area contributed by atoms with Crippen LogP contribution in [0.15, 0.2) is 0 Å². The lowest BCUT2D eigenvalue weighted by Gasteiger charge is -2.73. The number of halogens is 3. The molecule has 86 valence electrons. The molecule has 15 heavy (non-hydrogen) atoms. The van der Waals surface area contributed by atoms with Crippen LogP contribution in [-0.4, -0.2) is 19.3 Å². The summed E-state index contributed by atoms with van der Waals surface area (Å²) in [6, 6.07) is 0. The molecule has 0 aromatic rings. The van der Waals surface area contributed by atoms with Crippen LogP contribution in [0.3, 0.4) is 0 Å². The van der Waals surface area contributed by atoms with Crippen molar-refractivity contribution in [2.45, 2.75) is 38.3 Å². The van der Waals surface area contributed by atoms with Gasteiger partial charge < -0.3 is 5.32 Å². The van der Waals surface area contributed by atoms with E-state index < -0.39 is 11.6 Å². The Balaban J connectivity index is 1.65. The van der Waals surface area contributed by atoms with Crippen LogP contribution in [0.25, 0.3) is 0 Å². The highest BCUT2D eigenvalue weighted by atomic mass is 19.4. The highest BCUT2D eigenvalue weighted by Gasteiger charge is 2.79. The average Bonchev–Trinajstić information content (AvgIpc) is 1.98. The Bertz CT molecular complexity index is 258. The van der Waals surface area contributed by atoms with Gasteiger partial charge in [0.1, 0.15) is 0 Å². The first kappa shape index (κ1) is 9.94. The molecule has 0 spiro atoms. The van der Waals surface area contributed by atoms with E-state index >= 15 is 0 Å². The van der Waals surface area contributed by atoms with Gasteiger partial charge >= 0.3 is 6.18 Å². The second-order valence-corrected chi connectivity index (χ2v) is 5.70. The van der Waals surface area contributed by atoms with Gasteiger partial charge in [-0.1, -0.05) is 0 Å². The molecule has 0 aromatic heterocycles. The van der Waals surface area contributed by atoms with Gasteiger partial charge in [0.05, 0.1) is 5.41 Å². The Labute approximate surface area is 87.4 Å². The Kier molecular flexibility index (Phi) is 1.79. The minimum absolute atomic E-state index is 0.0949. The zero-order valence-electron chi connectivity index (χ0n) is 8.66. The first-order valence-electron chi connectivity index (χ1n) is 5.75. The van der Waals surface area contributed by atoms with Crippen LogP contribution in [-0.2, 0) is 0 Å². The van der Waals surface area contributed by atoms with Crippen molar-refractivity contribution >= 4 is 0 Å². The Morgan fingerprint density at radius 2 is 1.53 bits per heavy atom. The SMILES string of the molecule is FC(F)(F)C12CC(C3CCNCC3)(C1)C2. The average molecular weight is 219 g/mol. The van der Waals surface area contributed by atoms with Crippen LogP contribution in [0.5, 0.6) is 0 Å². The maximum absolute atomic E-state index is 12.6. The summed E-state index contributed by atoms with van der Waals surface area (Å²) in [5.74, 6) is 0.558. The molecule has 1 heterocycles. The van der Waals surface area contributed by atoms with Crippen LogP contribution in [0.4, 0.5) is 13.2 Å². The van der Waals surface area contributed by atoms with E-state index in [1.807, 2.05) is 0 Å². The van der Waals surface area contributed by atoms with Gasteiger partial charge in [-0.2, -0.15) is 13.2 Å². The zero-order chi connectivity index (χ0) is 10.7. The van der Waals surface area contributed by atoms with Gasteiger partial charge in [0.2, 0.25) is 0 Å². The van der Waals surface area contributed by atoms with Crippen molar-refractivity contribution in [3.8, 4) is 0 Å². The summed E-state index contributed by atoms with van der Waals surface area (Å²) >= 11 is 0. The molecular formula is C11H16F3N.